The molecule has 0 atom stereocenters. The van der Waals surface area contributed by atoms with Crippen molar-refractivity contribution in [3.63, 3.8) is 0 Å². The molecule has 0 spiro atoms. The van der Waals surface area contributed by atoms with E-state index in [1.165, 1.54) is 4.31 Å². The van der Waals surface area contributed by atoms with Gasteiger partial charge in [0.1, 0.15) is 0 Å². The standard InChI is InChI=1S/C23H23ClN2O3S/c1-25(16-18-6-4-3-5-7-18)23(27)20-10-14-22(15-11-20)26(30(2,28)29)17-19-8-12-21(24)13-9-19/h3-15H,16-17H2,1-2H3. The number of sulfonamides is 1. The molecule has 0 aliphatic rings. The second-order valence-corrected chi connectivity index (χ2v) is 9.43. The maximum Gasteiger partial charge on any atom is 0.253 e. The van der Waals surface area contributed by atoms with E-state index in [-0.39, 0.29) is 12.5 Å². The molecule has 0 unspecified atom stereocenters. The maximum absolute atomic E-state index is 12.7. The SMILES string of the molecule is CN(Cc1ccccc1)C(=O)c1ccc(N(Cc2ccc(Cl)cc2)S(C)(=O)=O)cc1. The third-order valence-corrected chi connectivity index (χ3v) is 6.04. The predicted octanol–water partition coefficient (Wildman–Crippen LogP) is 4.58. The maximum atomic E-state index is 12.7. The first kappa shape index (κ1) is 21.9. The highest BCUT2D eigenvalue weighted by Gasteiger charge is 2.19. The molecule has 0 radical (unpaired) electrons. The Bertz CT molecular complexity index is 1100. The zero-order chi connectivity index (χ0) is 21.7. The molecule has 0 aliphatic heterocycles. The van der Waals surface area contributed by atoms with Crippen LogP contribution in [0.1, 0.15) is 21.5 Å². The second kappa shape index (κ2) is 9.32. The molecule has 0 fully saturated rings. The molecule has 0 saturated heterocycles. The summed E-state index contributed by atoms with van der Waals surface area (Å²) in [6, 6.07) is 23.4. The van der Waals surface area contributed by atoms with Crippen molar-refractivity contribution in [2.24, 2.45) is 0 Å². The molecule has 3 aromatic rings. The molecule has 0 N–H and O–H groups in total. The van der Waals surface area contributed by atoms with Gasteiger partial charge in [-0.15, -0.1) is 0 Å². The van der Waals surface area contributed by atoms with Crippen molar-refractivity contribution in [3.05, 3.63) is 101 Å². The number of carbonyl (C=O) groups excluding carboxylic acids is 1. The number of rotatable bonds is 7. The van der Waals surface area contributed by atoms with Gasteiger partial charge in [0, 0.05) is 24.2 Å². The second-order valence-electron chi connectivity index (χ2n) is 7.09. The molecule has 1 amide bonds. The first-order valence-electron chi connectivity index (χ1n) is 9.35. The minimum absolute atomic E-state index is 0.131. The highest BCUT2D eigenvalue weighted by Crippen LogP contribution is 2.22. The Labute approximate surface area is 182 Å². The van der Waals surface area contributed by atoms with E-state index in [1.807, 2.05) is 30.3 Å². The smallest absolute Gasteiger partial charge is 0.253 e. The summed E-state index contributed by atoms with van der Waals surface area (Å²) in [4.78, 5) is 14.4. The highest BCUT2D eigenvalue weighted by atomic mass is 35.5. The van der Waals surface area contributed by atoms with Crippen LogP contribution in [-0.2, 0) is 23.1 Å². The van der Waals surface area contributed by atoms with Gasteiger partial charge in [-0.25, -0.2) is 8.42 Å². The number of nitrogens with zero attached hydrogens (tertiary/aromatic N) is 2. The average molecular weight is 443 g/mol. The Morgan fingerprint density at radius 2 is 1.40 bits per heavy atom. The van der Waals surface area contributed by atoms with Gasteiger partial charge in [-0.1, -0.05) is 54.1 Å². The van der Waals surface area contributed by atoms with Crippen LogP contribution in [0, 0.1) is 0 Å². The van der Waals surface area contributed by atoms with E-state index >= 15 is 0 Å². The molecule has 3 aromatic carbocycles. The van der Waals surface area contributed by atoms with E-state index in [9.17, 15) is 13.2 Å². The van der Waals surface area contributed by atoms with E-state index in [4.69, 9.17) is 11.6 Å². The fraction of sp³-hybridized carbons (Fsp3) is 0.174. The van der Waals surface area contributed by atoms with E-state index in [0.29, 0.717) is 22.8 Å². The van der Waals surface area contributed by atoms with Gasteiger partial charge in [0.15, 0.2) is 0 Å². The minimum atomic E-state index is -3.51. The lowest BCUT2D eigenvalue weighted by Crippen LogP contribution is -2.29. The molecule has 0 bridgehead atoms. The summed E-state index contributed by atoms with van der Waals surface area (Å²) in [5, 5.41) is 0.590. The Kier molecular flexibility index (Phi) is 6.80. The van der Waals surface area contributed by atoms with Gasteiger partial charge in [-0.05, 0) is 47.5 Å². The number of hydrogen-bond acceptors (Lipinski definition) is 3. The number of benzene rings is 3. The van der Waals surface area contributed by atoms with Crippen molar-refractivity contribution in [2.45, 2.75) is 13.1 Å². The minimum Gasteiger partial charge on any atom is -0.337 e. The number of amides is 1. The monoisotopic (exact) mass is 442 g/mol. The first-order chi connectivity index (χ1) is 14.2. The van der Waals surface area contributed by atoms with E-state index < -0.39 is 10.0 Å². The molecule has 0 heterocycles. The summed E-state index contributed by atoms with van der Waals surface area (Å²) in [5.74, 6) is -0.131. The van der Waals surface area contributed by atoms with Gasteiger partial charge in [-0.3, -0.25) is 9.10 Å². The van der Waals surface area contributed by atoms with Crippen molar-refractivity contribution in [2.75, 3.05) is 17.6 Å². The Balaban J connectivity index is 1.77. The number of halogens is 1. The number of anilines is 1. The van der Waals surface area contributed by atoms with Crippen LogP contribution >= 0.6 is 11.6 Å². The number of hydrogen-bond donors (Lipinski definition) is 0. The molecular formula is C23H23ClN2O3S. The topological polar surface area (TPSA) is 57.7 Å². The Morgan fingerprint density at radius 1 is 0.833 bits per heavy atom. The Hall–Kier alpha value is -2.83. The van der Waals surface area contributed by atoms with E-state index in [2.05, 4.69) is 0 Å². The van der Waals surface area contributed by atoms with Crippen LogP contribution < -0.4 is 4.31 Å². The van der Waals surface area contributed by atoms with Crippen LogP contribution in [0.4, 0.5) is 5.69 Å². The van der Waals surface area contributed by atoms with Gasteiger partial charge in [0.2, 0.25) is 10.0 Å². The van der Waals surface area contributed by atoms with Crippen molar-refractivity contribution >= 4 is 33.2 Å². The molecule has 30 heavy (non-hydrogen) atoms. The molecule has 0 aromatic heterocycles. The molecular weight excluding hydrogens is 420 g/mol. The van der Waals surface area contributed by atoms with Gasteiger partial charge in [0.05, 0.1) is 18.5 Å². The average Bonchev–Trinajstić information content (AvgIpc) is 2.73. The van der Waals surface area contributed by atoms with Gasteiger partial charge >= 0.3 is 0 Å². The first-order valence-corrected chi connectivity index (χ1v) is 11.6. The van der Waals surface area contributed by atoms with Crippen molar-refractivity contribution in [1.29, 1.82) is 0 Å². The molecule has 156 valence electrons. The van der Waals surface area contributed by atoms with Crippen molar-refractivity contribution in [3.8, 4) is 0 Å². The predicted molar refractivity (Wildman–Crippen MR) is 121 cm³/mol. The van der Waals surface area contributed by atoms with Crippen LogP contribution in [0.2, 0.25) is 5.02 Å². The van der Waals surface area contributed by atoms with Crippen LogP contribution in [0.5, 0.6) is 0 Å². The van der Waals surface area contributed by atoms with E-state index in [1.54, 1.807) is 60.5 Å². The van der Waals surface area contributed by atoms with Gasteiger partial charge in [-0.2, -0.15) is 0 Å². The molecule has 7 heteroatoms. The van der Waals surface area contributed by atoms with E-state index in [0.717, 1.165) is 17.4 Å². The highest BCUT2D eigenvalue weighted by molar-refractivity contribution is 7.92. The van der Waals surface area contributed by atoms with Crippen LogP contribution in [0.25, 0.3) is 0 Å². The van der Waals surface area contributed by atoms with Gasteiger partial charge < -0.3 is 4.90 Å². The zero-order valence-electron chi connectivity index (χ0n) is 16.8. The lowest BCUT2D eigenvalue weighted by molar-refractivity contribution is 0.0785. The van der Waals surface area contributed by atoms with Crippen molar-refractivity contribution < 1.29 is 13.2 Å². The quantitative estimate of drug-likeness (QED) is 0.538. The molecule has 3 rings (SSSR count). The normalized spacial score (nSPS) is 11.2. The van der Waals surface area contributed by atoms with Gasteiger partial charge in [0.25, 0.3) is 5.91 Å². The summed E-state index contributed by atoms with van der Waals surface area (Å²) in [6.07, 6.45) is 1.16. The Morgan fingerprint density at radius 3 is 1.97 bits per heavy atom. The lowest BCUT2D eigenvalue weighted by Gasteiger charge is -2.23. The largest absolute Gasteiger partial charge is 0.337 e. The van der Waals surface area contributed by atoms with Crippen LogP contribution in [0.3, 0.4) is 0 Å². The molecule has 0 saturated carbocycles. The molecule has 5 nitrogen and oxygen atoms in total. The number of carbonyl (C=O) groups is 1. The summed E-state index contributed by atoms with van der Waals surface area (Å²) in [7, 11) is -1.77. The van der Waals surface area contributed by atoms with Crippen molar-refractivity contribution in [1.82, 2.24) is 4.90 Å². The third-order valence-electron chi connectivity index (χ3n) is 4.65. The fourth-order valence-corrected chi connectivity index (χ4v) is 4.09. The molecule has 0 aliphatic carbocycles. The summed E-state index contributed by atoms with van der Waals surface area (Å²) >= 11 is 5.91. The summed E-state index contributed by atoms with van der Waals surface area (Å²) in [6.45, 7) is 0.671. The zero-order valence-corrected chi connectivity index (χ0v) is 18.4. The van der Waals surface area contributed by atoms with Crippen LogP contribution in [-0.4, -0.2) is 32.5 Å². The lowest BCUT2D eigenvalue weighted by atomic mass is 10.1. The third kappa shape index (κ3) is 5.62. The fourth-order valence-electron chi connectivity index (χ4n) is 3.08. The summed E-state index contributed by atoms with van der Waals surface area (Å²) < 4.78 is 26.0. The van der Waals surface area contributed by atoms with Crippen LogP contribution in [0.15, 0.2) is 78.9 Å². The summed E-state index contributed by atoms with van der Waals surface area (Å²) in [5.41, 5.74) is 2.84.